The number of hydrogen-bond acceptors (Lipinski definition) is 5. The molecule has 0 amide bonds. The standard InChI is InChI=1S/C13H20N2O2S/c1-3-13(7-4-8-13)15-12-14-10(9-18-12)5-6-11(16)17-2/h9H,3-8H2,1-2H3,(H,14,15). The maximum Gasteiger partial charge on any atom is 0.305 e. The van der Waals surface area contributed by atoms with Crippen LogP contribution < -0.4 is 5.32 Å². The molecule has 2 rings (SSSR count). The molecular weight excluding hydrogens is 248 g/mol. The summed E-state index contributed by atoms with van der Waals surface area (Å²) in [6.45, 7) is 2.22. The number of ether oxygens (including phenoxy) is 1. The number of aromatic nitrogens is 1. The Kier molecular flexibility index (Phi) is 4.22. The summed E-state index contributed by atoms with van der Waals surface area (Å²) in [5.41, 5.74) is 1.25. The molecule has 5 heteroatoms. The molecule has 4 nitrogen and oxygen atoms in total. The summed E-state index contributed by atoms with van der Waals surface area (Å²) in [5.74, 6) is -0.179. The van der Waals surface area contributed by atoms with E-state index < -0.39 is 0 Å². The molecule has 0 radical (unpaired) electrons. The van der Waals surface area contributed by atoms with Crippen LogP contribution in [0.2, 0.25) is 0 Å². The van der Waals surface area contributed by atoms with Crippen molar-refractivity contribution in [3.63, 3.8) is 0 Å². The first kappa shape index (κ1) is 13.3. The number of esters is 1. The number of carbonyl (C=O) groups is 1. The Morgan fingerprint density at radius 1 is 1.61 bits per heavy atom. The number of thiazole rings is 1. The fraction of sp³-hybridized carbons (Fsp3) is 0.692. The number of nitrogens with zero attached hydrogens (tertiary/aromatic N) is 1. The van der Waals surface area contributed by atoms with Gasteiger partial charge in [0.15, 0.2) is 5.13 Å². The summed E-state index contributed by atoms with van der Waals surface area (Å²) in [6, 6.07) is 0. The first-order chi connectivity index (χ1) is 8.67. The van der Waals surface area contributed by atoms with Crippen LogP contribution in [0.4, 0.5) is 5.13 Å². The molecule has 1 aliphatic rings. The molecule has 1 N–H and O–H groups in total. The molecule has 0 atom stereocenters. The van der Waals surface area contributed by atoms with Gasteiger partial charge in [-0.2, -0.15) is 0 Å². The molecule has 0 spiro atoms. The molecule has 1 aromatic rings. The van der Waals surface area contributed by atoms with Crippen LogP contribution in [0.1, 0.15) is 44.7 Å². The Morgan fingerprint density at radius 3 is 2.94 bits per heavy atom. The molecule has 1 aliphatic carbocycles. The van der Waals surface area contributed by atoms with Crippen molar-refractivity contribution in [2.24, 2.45) is 0 Å². The first-order valence-electron chi connectivity index (χ1n) is 6.47. The molecular formula is C13H20N2O2S. The second-order valence-corrected chi connectivity index (χ2v) is 5.69. The number of aryl methyl sites for hydroxylation is 1. The van der Waals surface area contributed by atoms with E-state index in [9.17, 15) is 4.79 Å². The quantitative estimate of drug-likeness (QED) is 0.806. The zero-order valence-corrected chi connectivity index (χ0v) is 11.8. The van der Waals surface area contributed by atoms with Crippen molar-refractivity contribution in [3.05, 3.63) is 11.1 Å². The van der Waals surface area contributed by atoms with Gasteiger partial charge < -0.3 is 10.1 Å². The van der Waals surface area contributed by atoms with E-state index in [1.165, 1.54) is 26.4 Å². The second kappa shape index (κ2) is 5.69. The summed E-state index contributed by atoms with van der Waals surface area (Å²) >= 11 is 1.63. The molecule has 18 heavy (non-hydrogen) atoms. The summed E-state index contributed by atoms with van der Waals surface area (Å²) in [7, 11) is 1.41. The lowest BCUT2D eigenvalue weighted by atomic mass is 9.75. The Bertz CT molecular complexity index is 407. The summed E-state index contributed by atoms with van der Waals surface area (Å²) in [6.07, 6.45) is 5.98. The van der Waals surface area contributed by atoms with Crippen LogP contribution in [0.3, 0.4) is 0 Å². The molecule has 0 aromatic carbocycles. The Hall–Kier alpha value is -1.10. The second-order valence-electron chi connectivity index (χ2n) is 4.83. The van der Waals surface area contributed by atoms with Gasteiger partial charge in [-0.1, -0.05) is 6.92 Å². The van der Waals surface area contributed by atoms with Crippen LogP contribution in [-0.2, 0) is 16.0 Å². The van der Waals surface area contributed by atoms with Gasteiger partial charge in [0.1, 0.15) is 0 Å². The van der Waals surface area contributed by atoms with Crippen molar-refractivity contribution in [2.75, 3.05) is 12.4 Å². The van der Waals surface area contributed by atoms with Gasteiger partial charge in [0.05, 0.1) is 19.2 Å². The van der Waals surface area contributed by atoms with E-state index in [0.717, 1.165) is 17.2 Å². The topological polar surface area (TPSA) is 51.2 Å². The highest BCUT2D eigenvalue weighted by atomic mass is 32.1. The minimum absolute atomic E-state index is 0.179. The third-order valence-corrected chi connectivity index (χ3v) is 4.53. The van der Waals surface area contributed by atoms with Gasteiger partial charge in [0.2, 0.25) is 0 Å². The average molecular weight is 268 g/mol. The Labute approximate surface area is 112 Å². The van der Waals surface area contributed by atoms with Gasteiger partial charge in [-0.25, -0.2) is 4.98 Å². The monoisotopic (exact) mass is 268 g/mol. The fourth-order valence-electron chi connectivity index (χ4n) is 2.21. The molecule has 1 fully saturated rings. The van der Waals surface area contributed by atoms with Crippen LogP contribution in [0.15, 0.2) is 5.38 Å². The molecule has 1 aromatic heterocycles. The van der Waals surface area contributed by atoms with E-state index in [1.54, 1.807) is 11.3 Å². The summed E-state index contributed by atoms with van der Waals surface area (Å²) < 4.78 is 4.62. The number of rotatable bonds is 6. The van der Waals surface area contributed by atoms with Crippen LogP contribution in [0, 0.1) is 0 Å². The molecule has 0 saturated heterocycles. The number of anilines is 1. The predicted octanol–water partition coefficient (Wildman–Crippen LogP) is 2.99. The highest BCUT2D eigenvalue weighted by Crippen LogP contribution is 2.38. The van der Waals surface area contributed by atoms with Crippen molar-refractivity contribution in [1.29, 1.82) is 0 Å². The van der Waals surface area contributed by atoms with E-state index >= 15 is 0 Å². The lowest BCUT2D eigenvalue weighted by Crippen LogP contribution is -2.44. The molecule has 0 aliphatic heterocycles. The third kappa shape index (κ3) is 3.02. The molecule has 100 valence electrons. The zero-order chi connectivity index (χ0) is 13.0. The smallest absolute Gasteiger partial charge is 0.305 e. The normalized spacial score (nSPS) is 17.0. The lowest BCUT2D eigenvalue weighted by Gasteiger charge is -2.41. The third-order valence-electron chi connectivity index (χ3n) is 3.72. The number of methoxy groups -OCH3 is 1. The zero-order valence-electron chi connectivity index (χ0n) is 11.0. The van der Waals surface area contributed by atoms with E-state index in [-0.39, 0.29) is 11.5 Å². The first-order valence-corrected chi connectivity index (χ1v) is 7.35. The number of carbonyl (C=O) groups excluding carboxylic acids is 1. The molecule has 0 bridgehead atoms. The molecule has 0 unspecified atom stereocenters. The van der Waals surface area contributed by atoms with Crippen molar-refractivity contribution in [3.8, 4) is 0 Å². The van der Waals surface area contributed by atoms with Crippen molar-refractivity contribution in [1.82, 2.24) is 4.98 Å². The molecule has 1 saturated carbocycles. The van der Waals surface area contributed by atoms with Crippen LogP contribution in [0.25, 0.3) is 0 Å². The highest BCUT2D eigenvalue weighted by molar-refractivity contribution is 7.13. The predicted molar refractivity (Wildman–Crippen MR) is 72.9 cm³/mol. The number of nitrogens with one attached hydrogen (secondary N) is 1. The van der Waals surface area contributed by atoms with Crippen LogP contribution in [0.5, 0.6) is 0 Å². The van der Waals surface area contributed by atoms with Crippen molar-refractivity contribution >= 4 is 22.4 Å². The fourth-order valence-corrected chi connectivity index (χ4v) is 3.07. The van der Waals surface area contributed by atoms with Gasteiger partial charge in [-0.3, -0.25) is 4.79 Å². The van der Waals surface area contributed by atoms with Crippen molar-refractivity contribution < 1.29 is 9.53 Å². The maximum atomic E-state index is 11.1. The van der Waals surface area contributed by atoms with E-state index in [4.69, 9.17) is 0 Å². The van der Waals surface area contributed by atoms with Gasteiger partial charge in [0, 0.05) is 17.3 Å². The number of hydrogen-bond donors (Lipinski definition) is 1. The highest BCUT2D eigenvalue weighted by Gasteiger charge is 2.35. The van der Waals surface area contributed by atoms with Gasteiger partial charge in [-0.05, 0) is 25.7 Å². The summed E-state index contributed by atoms with van der Waals surface area (Å²) in [5, 5.41) is 6.56. The van der Waals surface area contributed by atoms with Gasteiger partial charge in [0.25, 0.3) is 0 Å². The lowest BCUT2D eigenvalue weighted by molar-refractivity contribution is -0.140. The van der Waals surface area contributed by atoms with Crippen molar-refractivity contribution in [2.45, 2.75) is 51.0 Å². The van der Waals surface area contributed by atoms with E-state index in [2.05, 4.69) is 22.0 Å². The average Bonchev–Trinajstić information content (AvgIpc) is 2.78. The SMILES string of the molecule is CCC1(Nc2nc(CCC(=O)OC)cs2)CCC1. The van der Waals surface area contributed by atoms with Crippen LogP contribution in [-0.4, -0.2) is 23.6 Å². The minimum Gasteiger partial charge on any atom is -0.469 e. The molecule has 1 heterocycles. The Balaban J connectivity index is 1.88. The largest absolute Gasteiger partial charge is 0.469 e. The van der Waals surface area contributed by atoms with Crippen LogP contribution >= 0.6 is 11.3 Å². The van der Waals surface area contributed by atoms with E-state index in [0.29, 0.717) is 12.8 Å². The summed E-state index contributed by atoms with van der Waals surface area (Å²) in [4.78, 5) is 15.6. The minimum atomic E-state index is -0.179. The van der Waals surface area contributed by atoms with Gasteiger partial charge >= 0.3 is 5.97 Å². The van der Waals surface area contributed by atoms with Gasteiger partial charge in [-0.15, -0.1) is 11.3 Å². The Morgan fingerprint density at radius 2 is 2.39 bits per heavy atom. The van der Waals surface area contributed by atoms with E-state index in [1.807, 2.05) is 5.38 Å². The maximum absolute atomic E-state index is 11.1.